The fourth-order valence-corrected chi connectivity index (χ4v) is 3.40. The second-order valence-corrected chi connectivity index (χ2v) is 7.10. The summed E-state index contributed by atoms with van der Waals surface area (Å²) in [6.07, 6.45) is 3.44. The van der Waals surface area contributed by atoms with E-state index in [4.69, 9.17) is 5.10 Å². The van der Waals surface area contributed by atoms with E-state index in [0.717, 1.165) is 22.4 Å². The molecule has 1 N–H and O–H groups in total. The first-order valence-electron chi connectivity index (χ1n) is 9.79. The van der Waals surface area contributed by atoms with Crippen molar-refractivity contribution >= 4 is 17.2 Å². The van der Waals surface area contributed by atoms with Gasteiger partial charge in [-0.05, 0) is 55.0 Å². The van der Waals surface area contributed by atoms with Crippen LogP contribution in [0.1, 0.15) is 15.9 Å². The Balaban J connectivity index is 1.48. The third-order valence-corrected chi connectivity index (χ3v) is 4.99. The number of aryl methyl sites for hydroxylation is 1. The van der Waals surface area contributed by atoms with Crippen LogP contribution >= 0.6 is 0 Å². The predicted octanol–water partition coefficient (Wildman–Crippen LogP) is 4.41. The van der Waals surface area contributed by atoms with Crippen molar-refractivity contribution in [2.45, 2.75) is 6.92 Å². The molecule has 0 atom stereocenters. The molecule has 0 aliphatic heterocycles. The van der Waals surface area contributed by atoms with Crippen LogP contribution in [0.15, 0.2) is 85.2 Å². The van der Waals surface area contributed by atoms with E-state index >= 15 is 0 Å². The first-order valence-corrected chi connectivity index (χ1v) is 9.79. The van der Waals surface area contributed by atoms with Crippen molar-refractivity contribution < 1.29 is 4.79 Å². The number of fused-ring (bicyclic) bond motifs is 1. The molecule has 0 aliphatic carbocycles. The van der Waals surface area contributed by atoms with Gasteiger partial charge in [-0.1, -0.05) is 30.3 Å². The molecular formula is C24H18N6O. The van der Waals surface area contributed by atoms with Crippen molar-refractivity contribution in [2.24, 2.45) is 0 Å². The van der Waals surface area contributed by atoms with E-state index in [1.54, 1.807) is 16.9 Å². The largest absolute Gasteiger partial charge is 0.322 e. The van der Waals surface area contributed by atoms with Gasteiger partial charge in [-0.2, -0.15) is 9.61 Å². The first-order chi connectivity index (χ1) is 15.2. The van der Waals surface area contributed by atoms with E-state index in [9.17, 15) is 4.79 Å². The number of hydrogen-bond acceptors (Lipinski definition) is 5. The zero-order valence-corrected chi connectivity index (χ0v) is 16.7. The number of anilines is 1. The van der Waals surface area contributed by atoms with E-state index in [-0.39, 0.29) is 5.91 Å². The van der Waals surface area contributed by atoms with Gasteiger partial charge in [-0.3, -0.25) is 9.78 Å². The maximum Gasteiger partial charge on any atom is 0.255 e. The van der Waals surface area contributed by atoms with E-state index in [0.29, 0.717) is 22.7 Å². The Morgan fingerprint density at radius 1 is 0.903 bits per heavy atom. The van der Waals surface area contributed by atoms with Crippen molar-refractivity contribution in [1.82, 2.24) is 24.8 Å². The lowest BCUT2D eigenvalue weighted by Crippen LogP contribution is -2.13. The Morgan fingerprint density at radius 3 is 2.61 bits per heavy atom. The summed E-state index contributed by atoms with van der Waals surface area (Å²) in [7, 11) is 0. The smallest absolute Gasteiger partial charge is 0.255 e. The van der Waals surface area contributed by atoms with Crippen LogP contribution in [-0.4, -0.2) is 30.7 Å². The van der Waals surface area contributed by atoms with Crippen molar-refractivity contribution in [3.05, 3.63) is 96.3 Å². The number of hydrogen-bond donors (Lipinski definition) is 1. The van der Waals surface area contributed by atoms with Crippen molar-refractivity contribution in [3.8, 4) is 22.6 Å². The van der Waals surface area contributed by atoms with Gasteiger partial charge in [0.2, 0.25) is 0 Å². The molecule has 2 aromatic carbocycles. The van der Waals surface area contributed by atoms with Gasteiger partial charge in [-0.25, -0.2) is 0 Å². The van der Waals surface area contributed by atoms with Gasteiger partial charge in [0.15, 0.2) is 11.5 Å². The third-order valence-electron chi connectivity index (χ3n) is 4.99. The van der Waals surface area contributed by atoms with Crippen molar-refractivity contribution in [1.29, 1.82) is 0 Å². The van der Waals surface area contributed by atoms with Gasteiger partial charge in [-0.15, -0.1) is 10.2 Å². The molecule has 7 nitrogen and oxygen atoms in total. The molecule has 31 heavy (non-hydrogen) atoms. The van der Waals surface area contributed by atoms with Gasteiger partial charge in [0, 0.05) is 34.8 Å². The zero-order chi connectivity index (χ0) is 21.2. The van der Waals surface area contributed by atoms with Crippen LogP contribution < -0.4 is 5.32 Å². The number of benzene rings is 2. The Kier molecular flexibility index (Phi) is 4.68. The van der Waals surface area contributed by atoms with Crippen LogP contribution in [0.2, 0.25) is 0 Å². The average Bonchev–Trinajstić information content (AvgIpc) is 3.23. The molecule has 0 aliphatic rings. The molecule has 1 amide bonds. The molecule has 3 heterocycles. The molecule has 5 aromatic rings. The first kappa shape index (κ1) is 18.6. The highest BCUT2D eigenvalue weighted by molar-refractivity contribution is 6.05. The molecule has 5 rings (SSSR count). The Hall–Kier alpha value is -4.39. The quantitative estimate of drug-likeness (QED) is 0.478. The molecule has 150 valence electrons. The summed E-state index contributed by atoms with van der Waals surface area (Å²) in [6.45, 7) is 1.92. The van der Waals surface area contributed by atoms with Gasteiger partial charge in [0.05, 0.1) is 5.69 Å². The Labute approximate surface area is 178 Å². The van der Waals surface area contributed by atoms with Gasteiger partial charge in [0.25, 0.3) is 5.91 Å². The summed E-state index contributed by atoms with van der Waals surface area (Å²) >= 11 is 0. The topological polar surface area (TPSA) is 85.1 Å². The lowest BCUT2D eigenvalue weighted by molar-refractivity contribution is 0.102. The van der Waals surface area contributed by atoms with Gasteiger partial charge >= 0.3 is 0 Å². The summed E-state index contributed by atoms with van der Waals surface area (Å²) in [5.41, 5.74) is 5.37. The van der Waals surface area contributed by atoms with Crippen LogP contribution in [0.5, 0.6) is 0 Å². The minimum Gasteiger partial charge on any atom is -0.322 e. The highest BCUT2D eigenvalue weighted by Crippen LogP contribution is 2.23. The average molecular weight is 406 g/mol. The fourth-order valence-electron chi connectivity index (χ4n) is 3.40. The molecule has 0 bridgehead atoms. The lowest BCUT2D eigenvalue weighted by atomic mass is 10.1. The fraction of sp³-hybridized carbons (Fsp3) is 0.0417. The normalized spacial score (nSPS) is 10.9. The predicted molar refractivity (Wildman–Crippen MR) is 119 cm³/mol. The number of pyridine rings is 1. The summed E-state index contributed by atoms with van der Waals surface area (Å²) < 4.78 is 1.70. The van der Waals surface area contributed by atoms with Crippen LogP contribution in [-0.2, 0) is 0 Å². The summed E-state index contributed by atoms with van der Waals surface area (Å²) in [6, 6.07) is 22.6. The van der Waals surface area contributed by atoms with Gasteiger partial charge in [0.1, 0.15) is 0 Å². The van der Waals surface area contributed by atoms with Crippen LogP contribution in [0.25, 0.3) is 28.3 Å². The summed E-state index contributed by atoms with van der Waals surface area (Å²) in [5, 5.41) is 16.1. The minimum absolute atomic E-state index is 0.142. The van der Waals surface area contributed by atoms with Crippen LogP contribution in [0.3, 0.4) is 0 Å². The number of carbonyl (C=O) groups excluding carboxylic acids is 1. The molecule has 0 saturated heterocycles. The standard InChI is InChI=1S/C24H18N6O/c1-16-6-2-3-10-20(16)24(31)26-19-9-4-7-17(14-19)21-11-12-22-27-28-23(30(22)29-21)18-8-5-13-25-15-18/h2-15H,1H3,(H,26,31). The number of rotatable bonds is 4. The second-order valence-electron chi connectivity index (χ2n) is 7.10. The SMILES string of the molecule is Cc1ccccc1C(=O)Nc1cccc(-c2ccc3nnc(-c4cccnc4)n3n2)c1. The lowest BCUT2D eigenvalue weighted by Gasteiger charge is -2.09. The molecule has 0 saturated carbocycles. The van der Waals surface area contributed by atoms with Crippen LogP contribution in [0.4, 0.5) is 5.69 Å². The molecule has 0 spiro atoms. The second kappa shape index (κ2) is 7.79. The Morgan fingerprint density at radius 2 is 1.77 bits per heavy atom. The minimum atomic E-state index is -0.142. The van der Waals surface area contributed by atoms with Crippen LogP contribution in [0, 0.1) is 6.92 Å². The number of nitrogens with one attached hydrogen (secondary N) is 1. The van der Waals surface area contributed by atoms with Crippen molar-refractivity contribution in [2.75, 3.05) is 5.32 Å². The molecule has 0 fully saturated rings. The third kappa shape index (κ3) is 3.64. The van der Waals surface area contributed by atoms with E-state index < -0.39 is 0 Å². The molecular weight excluding hydrogens is 388 g/mol. The van der Waals surface area contributed by atoms with E-state index in [2.05, 4.69) is 20.5 Å². The Bertz CT molecular complexity index is 1390. The maximum absolute atomic E-state index is 12.7. The molecule has 3 aromatic heterocycles. The molecule has 0 unspecified atom stereocenters. The van der Waals surface area contributed by atoms with Gasteiger partial charge < -0.3 is 5.32 Å². The molecule has 0 radical (unpaired) electrons. The number of nitrogens with zero attached hydrogens (tertiary/aromatic N) is 5. The van der Waals surface area contributed by atoms with Crippen molar-refractivity contribution in [3.63, 3.8) is 0 Å². The number of amides is 1. The highest BCUT2D eigenvalue weighted by Gasteiger charge is 2.12. The number of aromatic nitrogens is 5. The monoisotopic (exact) mass is 406 g/mol. The van der Waals surface area contributed by atoms with E-state index in [1.807, 2.05) is 79.7 Å². The summed E-state index contributed by atoms with van der Waals surface area (Å²) in [4.78, 5) is 16.8. The summed E-state index contributed by atoms with van der Waals surface area (Å²) in [5.74, 6) is 0.477. The highest BCUT2D eigenvalue weighted by atomic mass is 16.1. The number of carbonyl (C=O) groups is 1. The maximum atomic E-state index is 12.7. The zero-order valence-electron chi connectivity index (χ0n) is 16.7. The molecule has 7 heteroatoms. The van der Waals surface area contributed by atoms with E-state index in [1.165, 1.54) is 0 Å².